The molecule has 1 aromatic carbocycles. The van der Waals surface area contributed by atoms with Gasteiger partial charge in [-0.3, -0.25) is 4.79 Å². The van der Waals surface area contributed by atoms with Crippen molar-refractivity contribution in [1.29, 1.82) is 0 Å². The number of amides is 1. The average Bonchev–Trinajstić information content (AvgIpc) is 2.30. The standard InChI is InChI=1S/C12H14BrNO/c13-11-6-4-10(5-7-11)12(15)14-8-2-1-3-9-14/h4-7H,1-3,8-9H2. The van der Waals surface area contributed by atoms with Crippen LogP contribution in [-0.2, 0) is 0 Å². The van der Waals surface area contributed by atoms with E-state index in [4.69, 9.17) is 0 Å². The number of rotatable bonds is 1. The maximum Gasteiger partial charge on any atom is 0.253 e. The van der Waals surface area contributed by atoms with Crippen molar-refractivity contribution in [2.45, 2.75) is 19.3 Å². The quantitative estimate of drug-likeness (QED) is 0.766. The predicted molar refractivity (Wildman–Crippen MR) is 63.9 cm³/mol. The summed E-state index contributed by atoms with van der Waals surface area (Å²) in [7, 11) is 0. The first-order valence-electron chi connectivity index (χ1n) is 5.32. The summed E-state index contributed by atoms with van der Waals surface area (Å²) in [5.74, 6) is 0.169. The second-order valence-electron chi connectivity index (χ2n) is 3.86. The van der Waals surface area contributed by atoms with Crippen LogP contribution in [0, 0.1) is 0 Å². The van der Waals surface area contributed by atoms with Crippen LogP contribution in [0.2, 0.25) is 0 Å². The second kappa shape index (κ2) is 4.79. The zero-order chi connectivity index (χ0) is 10.7. The third kappa shape index (κ3) is 2.59. The molecule has 0 bridgehead atoms. The van der Waals surface area contributed by atoms with Crippen molar-refractivity contribution >= 4 is 21.8 Å². The fraction of sp³-hybridized carbons (Fsp3) is 0.417. The third-order valence-electron chi connectivity index (χ3n) is 2.73. The Hall–Kier alpha value is -0.830. The number of piperidine rings is 1. The lowest BCUT2D eigenvalue weighted by Gasteiger charge is -2.26. The van der Waals surface area contributed by atoms with E-state index in [2.05, 4.69) is 15.9 Å². The Morgan fingerprint density at radius 2 is 1.67 bits per heavy atom. The predicted octanol–water partition coefficient (Wildman–Crippen LogP) is 3.08. The topological polar surface area (TPSA) is 20.3 Å². The highest BCUT2D eigenvalue weighted by atomic mass is 79.9. The summed E-state index contributed by atoms with van der Waals surface area (Å²) >= 11 is 3.37. The molecule has 0 aromatic heterocycles. The Morgan fingerprint density at radius 3 is 2.27 bits per heavy atom. The molecule has 15 heavy (non-hydrogen) atoms. The highest BCUT2D eigenvalue weighted by Crippen LogP contribution is 2.15. The van der Waals surface area contributed by atoms with E-state index in [0.717, 1.165) is 36.0 Å². The van der Waals surface area contributed by atoms with Crippen molar-refractivity contribution in [1.82, 2.24) is 4.90 Å². The van der Waals surface area contributed by atoms with Gasteiger partial charge >= 0.3 is 0 Å². The molecule has 0 unspecified atom stereocenters. The Morgan fingerprint density at radius 1 is 1.07 bits per heavy atom. The first-order valence-corrected chi connectivity index (χ1v) is 6.11. The van der Waals surface area contributed by atoms with Gasteiger partial charge in [-0.05, 0) is 43.5 Å². The molecule has 1 amide bonds. The van der Waals surface area contributed by atoms with Crippen LogP contribution in [0.4, 0.5) is 0 Å². The van der Waals surface area contributed by atoms with Crippen LogP contribution in [0.15, 0.2) is 28.7 Å². The van der Waals surface area contributed by atoms with Crippen molar-refractivity contribution in [3.05, 3.63) is 34.3 Å². The van der Waals surface area contributed by atoms with E-state index < -0.39 is 0 Å². The fourth-order valence-corrected chi connectivity index (χ4v) is 2.14. The second-order valence-corrected chi connectivity index (χ2v) is 4.78. The lowest BCUT2D eigenvalue weighted by Crippen LogP contribution is -2.35. The zero-order valence-corrected chi connectivity index (χ0v) is 10.2. The number of benzene rings is 1. The molecule has 1 aromatic rings. The van der Waals surface area contributed by atoms with Gasteiger partial charge in [0.25, 0.3) is 5.91 Å². The molecule has 0 spiro atoms. The number of nitrogens with zero attached hydrogens (tertiary/aromatic N) is 1. The molecule has 0 aliphatic carbocycles. The summed E-state index contributed by atoms with van der Waals surface area (Å²) in [4.78, 5) is 14.0. The van der Waals surface area contributed by atoms with Gasteiger partial charge in [-0.2, -0.15) is 0 Å². The van der Waals surface area contributed by atoms with E-state index in [9.17, 15) is 4.79 Å². The van der Waals surface area contributed by atoms with Gasteiger partial charge in [-0.1, -0.05) is 15.9 Å². The molecule has 3 heteroatoms. The van der Waals surface area contributed by atoms with E-state index >= 15 is 0 Å². The lowest BCUT2D eigenvalue weighted by molar-refractivity contribution is 0.0724. The van der Waals surface area contributed by atoms with Crippen LogP contribution < -0.4 is 0 Å². The molecular weight excluding hydrogens is 254 g/mol. The number of hydrogen-bond acceptors (Lipinski definition) is 1. The average molecular weight is 268 g/mol. The highest BCUT2D eigenvalue weighted by Gasteiger charge is 2.17. The molecule has 0 saturated carbocycles. The third-order valence-corrected chi connectivity index (χ3v) is 3.26. The smallest absolute Gasteiger partial charge is 0.253 e. The normalized spacial score (nSPS) is 16.5. The fourth-order valence-electron chi connectivity index (χ4n) is 1.87. The maximum atomic E-state index is 12.0. The Bertz CT molecular complexity index is 341. The Balaban J connectivity index is 2.09. The minimum absolute atomic E-state index is 0.169. The Labute approximate surface area is 98.4 Å². The number of carbonyl (C=O) groups is 1. The van der Waals surface area contributed by atoms with E-state index in [1.165, 1.54) is 6.42 Å². The van der Waals surface area contributed by atoms with Crippen LogP contribution in [0.5, 0.6) is 0 Å². The Kier molecular flexibility index (Phi) is 3.41. The van der Waals surface area contributed by atoms with Crippen LogP contribution in [0.3, 0.4) is 0 Å². The molecule has 1 saturated heterocycles. The number of likely N-dealkylation sites (tertiary alicyclic amines) is 1. The molecule has 1 aliphatic rings. The van der Waals surface area contributed by atoms with Crippen molar-refractivity contribution in [2.75, 3.05) is 13.1 Å². The van der Waals surface area contributed by atoms with Crippen molar-refractivity contribution in [3.8, 4) is 0 Å². The molecule has 0 radical (unpaired) electrons. The molecule has 0 N–H and O–H groups in total. The largest absolute Gasteiger partial charge is 0.339 e. The summed E-state index contributed by atoms with van der Waals surface area (Å²) in [6.07, 6.45) is 3.54. The van der Waals surface area contributed by atoms with Gasteiger partial charge in [0.15, 0.2) is 0 Å². The van der Waals surface area contributed by atoms with Gasteiger partial charge < -0.3 is 4.90 Å². The van der Waals surface area contributed by atoms with Gasteiger partial charge in [0.1, 0.15) is 0 Å². The van der Waals surface area contributed by atoms with Crippen molar-refractivity contribution in [3.63, 3.8) is 0 Å². The van der Waals surface area contributed by atoms with Gasteiger partial charge in [0, 0.05) is 23.1 Å². The van der Waals surface area contributed by atoms with E-state index in [0.29, 0.717) is 0 Å². The number of hydrogen-bond donors (Lipinski definition) is 0. The maximum absolute atomic E-state index is 12.0. The summed E-state index contributed by atoms with van der Waals surface area (Å²) in [5.41, 5.74) is 0.792. The SMILES string of the molecule is O=C(c1ccc(Br)cc1)N1CCCCC1. The van der Waals surface area contributed by atoms with Crippen LogP contribution in [0.1, 0.15) is 29.6 Å². The van der Waals surface area contributed by atoms with Crippen molar-refractivity contribution < 1.29 is 4.79 Å². The minimum Gasteiger partial charge on any atom is -0.339 e. The van der Waals surface area contributed by atoms with Gasteiger partial charge in [0.2, 0.25) is 0 Å². The summed E-state index contributed by atoms with van der Waals surface area (Å²) in [6, 6.07) is 7.58. The van der Waals surface area contributed by atoms with Crippen molar-refractivity contribution in [2.24, 2.45) is 0 Å². The first kappa shape index (κ1) is 10.7. The molecule has 1 aliphatic heterocycles. The van der Waals surface area contributed by atoms with Crippen LogP contribution >= 0.6 is 15.9 Å². The van der Waals surface area contributed by atoms with E-state index in [-0.39, 0.29) is 5.91 Å². The van der Waals surface area contributed by atoms with E-state index in [1.807, 2.05) is 29.2 Å². The van der Waals surface area contributed by atoms with Crippen LogP contribution in [-0.4, -0.2) is 23.9 Å². The summed E-state index contributed by atoms with van der Waals surface area (Å²) < 4.78 is 1.01. The molecule has 2 nitrogen and oxygen atoms in total. The molecule has 1 fully saturated rings. The van der Waals surface area contributed by atoms with E-state index in [1.54, 1.807) is 0 Å². The van der Waals surface area contributed by atoms with Gasteiger partial charge in [-0.15, -0.1) is 0 Å². The number of halogens is 1. The summed E-state index contributed by atoms with van der Waals surface area (Å²) in [5, 5.41) is 0. The zero-order valence-electron chi connectivity index (χ0n) is 8.58. The van der Waals surface area contributed by atoms with Gasteiger partial charge in [-0.25, -0.2) is 0 Å². The van der Waals surface area contributed by atoms with Gasteiger partial charge in [0.05, 0.1) is 0 Å². The molecular formula is C12H14BrNO. The molecule has 2 rings (SSSR count). The number of carbonyl (C=O) groups excluding carboxylic acids is 1. The molecule has 1 heterocycles. The molecule has 80 valence electrons. The van der Waals surface area contributed by atoms with Crippen LogP contribution in [0.25, 0.3) is 0 Å². The monoisotopic (exact) mass is 267 g/mol. The first-order chi connectivity index (χ1) is 7.27. The highest BCUT2D eigenvalue weighted by molar-refractivity contribution is 9.10. The summed E-state index contributed by atoms with van der Waals surface area (Å²) in [6.45, 7) is 1.82. The minimum atomic E-state index is 0.169. The lowest BCUT2D eigenvalue weighted by atomic mass is 10.1. The molecule has 0 atom stereocenters.